The fourth-order valence-corrected chi connectivity index (χ4v) is 2.26. The molecule has 1 aromatic heterocycles. The molecule has 1 fully saturated rings. The lowest BCUT2D eigenvalue weighted by Crippen LogP contribution is -2.43. The van der Waals surface area contributed by atoms with Crippen molar-refractivity contribution < 1.29 is 14.7 Å². The summed E-state index contributed by atoms with van der Waals surface area (Å²) in [5, 5.41) is 16.0. The molecule has 1 amide bonds. The van der Waals surface area contributed by atoms with Crippen LogP contribution in [-0.2, 0) is 11.3 Å². The smallest absolute Gasteiger partial charge is 0.358 e. The Kier molecular flexibility index (Phi) is 4.36. The molecule has 0 aliphatic heterocycles. The minimum Gasteiger partial charge on any atom is -0.476 e. The second kappa shape index (κ2) is 6.02. The van der Waals surface area contributed by atoms with E-state index in [0.29, 0.717) is 5.92 Å². The van der Waals surface area contributed by atoms with Crippen LogP contribution < -0.4 is 0 Å². The van der Waals surface area contributed by atoms with E-state index in [4.69, 9.17) is 5.11 Å². The van der Waals surface area contributed by atoms with Gasteiger partial charge in [0, 0.05) is 12.6 Å². The molecule has 1 aliphatic rings. The molecule has 1 aromatic rings. The maximum atomic E-state index is 12.3. The summed E-state index contributed by atoms with van der Waals surface area (Å²) in [5.41, 5.74) is -0.145. The summed E-state index contributed by atoms with van der Waals surface area (Å²) in [6, 6.07) is 0.130. The molecule has 0 bridgehead atoms. The highest BCUT2D eigenvalue weighted by atomic mass is 16.4. The summed E-state index contributed by atoms with van der Waals surface area (Å²) >= 11 is 0. The normalized spacial score (nSPS) is 15.2. The van der Waals surface area contributed by atoms with Crippen LogP contribution in [0.2, 0.25) is 0 Å². The number of nitrogens with zero attached hydrogens (tertiary/aromatic N) is 4. The van der Waals surface area contributed by atoms with Crippen LogP contribution in [-0.4, -0.2) is 49.5 Å². The van der Waals surface area contributed by atoms with E-state index in [1.165, 1.54) is 30.1 Å². The molecule has 1 N–H and O–H groups in total. The molecule has 0 radical (unpaired) electrons. The standard InChI is InChI=1S/C13H20N4O3/c1-9(2)17(6-10-4-3-5-10)12(18)8-16-7-11(13(19)20)14-15-16/h7,9-10H,3-6,8H2,1-2H3,(H,19,20). The quantitative estimate of drug-likeness (QED) is 0.840. The third kappa shape index (κ3) is 3.34. The molecule has 2 rings (SSSR count). The Morgan fingerprint density at radius 2 is 2.20 bits per heavy atom. The fraction of sp³-hybridized carbons (Fsp3) is 0.692. The number of aromatic carboxylic acids is 1. The molecule has 0 atom stereocenters. The number of carbonyl (C=O) groups is 2. The van der Waals surface area contributed by atoms with Crippen molar-refractivity contribution in [3.63, 3.8) is 0 Å². The van der Waals surface area contributed by atoms with Crippen LogP contribution in [0.3, 0.4) is 0 Å². The molecule has 1 saturated carbocycles. The lowest BCUT2D eigenvalue weighted by Gasteiger charge is -2.34. The number of amides is 1. The van der Waals surface area contributed by atoms with Crippen molar-refractivity contribution in [3.05, 3.63) is 11.9 Å². The van der Waals surface area contributed by atoms with Gasteiger partial charge in [0.05, 0.1) is 6.20 Å². The first-order valence-electron chi connectivity index (χ1n) is 6.90. The van der Waals surface area contributed by atoms with Crippen molar-refractivity contribution in [1.29, 1.82) is 0 Å². The number of aromatic nitrogens is 3. The largest absolute Gasteiger partial charge is 0.476 e. The predicted molar refractivity (Wildman–Crippen MR) is 71.2 cm³/mol. The van der Waals surface area contributed by atoms with Crippen molar-refractivity contribution in [2.24, 2.45) is 5.92 Å². The van der Waals surface area contributed by atoms with Crippen LogP contribution in [0.25, 0.3) is 0 Å². The summed E-state index contributed by atoms with van der Waals surface area (Å²) in [6.07, 6.45) is 4.89. The molecule has 20 heavy (non-hydrogen) atoms. The van der Waals surface area contributed by atoms with Crippen LogP contribution in [0.15, 0.2) is 6.20 Å². The molecule has 110 valence electrons. The number of carbonyl (C=O) groups excluding carboxylic acids is 1. The molecule has 0 spiro atoms. The predicted octanol–water partition coefficient (Wildman–Crippen LogP) is 1.01. The zero-order valence-corrected chi connectivity index (χ0v) is 11.8. The van der Waals surface area contributed by atoms with Gasteiger partial charge in [0.15, 0.2) is 5.69 Å². The van der Waals surface area contributed by atoms with Gasteiger partial charge in [0.25, 0.3) is 0 Å². The van der Waals surface area contributed by atoms with Gasteiger partial charge < -0.3 is 10.0 Å². The molecular formula is C13H20N4O3. The van der Waals surface area contributed by atoms with E-state index in [1.807, 2.05) is 18.7 Å². The first-order chi connectivity index (χ1) is 9.47. The maximum absolute atomic E-state index is 12.3. The number of carboxylic acids is 1. The maximum Gasteiger partial charge on any atom is 0.358 e. The first-order valence-corrected chi connectivity index (χ1v) is 6.90. The van der Waals surface area contributed by atoms with Gasteiger partial charge in [-0.05, 0) is 32.6 Å². The van der Waals surface area contributed by atoms with Gasteiger partial charge in [0.2, 0.25) is 5.91 Å². The summed E-state index contributed by atoms with van der Waals surface area (Å²) < 4.78 is 1.28. The van der Waals surface area contributed by atoms with Gasteiger partial charge >= 0.3 is 5.97 Å². The van der Waals surface area contributed by atoms with E-state index in [-0.39, 0.29) is 24.2 Å². The second-order valence-electron chi connectivity index (χ2n) is 5.54. The van der Waals surface area contributed by atoms with Gasteiger partial charge in [-0.2, -0.15) is 0 Å². The number of rotatable bonds is 6. The molecule has 1 heterocycles. The van der Waals surface area contributed by atoms with Crippen LogP contribution in [0.5, 0.6) is 0 Å². The van der Waals surface area contributed by atoms with Crippen molar-refractivity contribution in [3.8, 4) is 0 Å². The van der Waals surface area contributed by atoms with Crippen LogP contribution in [0, 0.1) is 5.92 Å². The first kappa shape index (κ1) is 14.5. The Balaban J connectivity index is 1.97. The third-order valence-electron chi connectivity index (χ3n) is 3.68. The lowest BCUT2D eigenvalue weighted by atomic mass is 9.85. The van der Waals surface area contributed by atoms with E-state index in [9.17, 15) is 9.59 Å². The zero-order valence-electron chi connectivity index (χ0n) is 11.8. The Labute approximate surface area is 117 Å². The summed E-state index contributed by atoms with van der Waals surface area (Å²) in [5.74, 6) is -0.584. The van der Waals surface area contributed by atoms with Crippen molar-refractivity contribution in [2.45, 2.75) is 45.7 Å². The average Bonchev–Trinajstić information content (AvgIpc) is 2.75. The van der Waals surface area contributed by atoms with E-state index >= 15 is 0 Å². The molecular weight excluding hydrogens is 260 g/mol. The minimum absolute atomic E-state index is 0.0329. The fourth-order valence-electron chi connectivity index (χ4n) is 2.26. The molecule has 0 saturated heterocycles. The summed E-state index contributed by atoms with van der Waals surface area (Å²) in [7, 11) is 0. The highest BCUT2D eigenvalue weighted by molar-refractivity contribution is 5.84. The van der Waals surface area contributed by atoms with E-state index in [1.54, 1.807) is 0 Å². The Morgan fingerprint density at radius 3 is 2.65 bits per heavy atom. The minimum atomic E-state index is -1.14. The van der Waals surface area contributed by atoms with E-state index < -0.39 is 5.97 Å². The summed E-state index contributed by atoms with van der Waals surface area (Å²) in [4.78, 5) is 24.9. The Bertz CT molecular complexity index is 494. The average molecular weight is 280 g/mol. The molecule has 0 aromatic carbocycles. The highest BCUT2D eigenvalue weighted by Gasteiger charge is 2.25. The van der Waals surface area contributed by atoms with Gasteiger partial charge in [-0.15, -0.1) is 5.10 Å². The molecule has 1 aliphatic carbocycles. The van der Waals surface area contributed by atoms with Crippen molar-refractivity contribution >= 4 is 11.9 Å². The Hall–Kier alpha value is -1.92. The van der Waals surface area contributed by atoms with Crippen LogP contribution in [0.4, 0.5) is 0 Å². The number of hydrogen-bond acceptors (Lipinski definition) is 4. The van der Waals surface area contributed by atoms with Gasteiger partial charge in [-0.3, -0.25) is 4.79 Å². The van der Waals surface area contributed by atoms with E-state index in [0.717, 1.165) is 6.54 Å². The van der Waals surface area contributed by atoms with Gasteiger partial charge in [0.1, 0.15) is 6.54 Å². The molecule has 7 nitrogen and oxygen atoms in total. The SMILES string of the molecule is CC(C)N(CC1CCC1)C(=O)Cn1cc(C(=O)O)nn1. The molecule has 0 unspecified atom stereocenters. The van der Waals surface area contributed by atoms with Crippen LogP contribution >= 0.6 is 0 Å². The molecule has 7 heteroatoms. The lowest BCUT2D eigenvalue weighted by molar-refractivity contribution is -0.135. The number of hydrogen-bond donors (Lipinski definition) is 1. The van der Waals surface area contributed by atoms with Crippen molar-refractivity contribution in [1.82, 2.24) is 19.9 Å². The third-order valence-corrected chi connectivity index (χ3v) is 3.68. The van der Waals surface area contributed by atoms with Crippen molar-refractivity contribution in [2.75, 3.05) is 6.54 Å². The topological polar surface area (TPSA) is 88.3 Å². The second-order valence-corrected chi connectivity index (χ2v) is 5.54. The monoisotopic (exact) mass is 280 g/mol. The number of carboxylic acid groups (broad SMARTS) is 1. The van der Waals surface area contributed by atoms with Gasteiger partial charge in [-0.1, -0.05) is 11.6 Å². The zero-order chi connectivity index (χ0) is 14.7. The summed E-state index contributed by atoms with van der Waals surface area (Å²) in [6.45, 7) is 4.78. The van der Waals surface area contributed by atoms with Gasteiger partial charge in [-0.25, -0.2) is 9.48 Å². The Morgan fingerprint density at radius 1 is 1.50 bits per heavy atom. The van der Waals surface area contributed by atoms with Crippen LogP contribution in [0.1, 0.15) is 43.6 Å². The van der Waals surface area contributed by atoms with E-state index in [2.05, 4.69) is 10.3 Å². The highest BCUT2D eigenvalue weighted by Crippen LogP contribution is 2.27.